The molecule has 0 aliphatic carbocycles. The highest BCUT2D eigenvalue weighted by molar-refractivity contribution is 5.70. The van der Waals surface area contributed by atoms with Crippen LogP contribution < -0.4 is 15.2 Å². The summed E-state index contributed by atoms with van der Waals surface area (Å²) in [5.74, 6) is 0.523. The van der Waals surface area contributed by atoms with Gasteiger partial charge in [-0.2, -0.15) is 0 Å². The standard InChI is InChI=1S/C17H19NO4/c1-21-16-11-13(7-8-15(16)18)12-4-2-5-14(10-12)22-9-3-6-17(19)20/h2,4-5,7-8,10-11H,3,6,9,18H2,1H3,(H,19,20). The Morgan fingerprint density at radius 2 is 1.95 bits per heavy atom. The van der Waals surface area contributed by atoms with Crippen LogP contribution in [0, 0.1) is 0 Å². The number of carbonyl (C=O) groups is 1. The molecule has 0 aliphatic rings. The summed E-state index contributed by atoms with van der Waals surface area (Å²) in [6.07, 6.45) is 0.587. The first kappa shape index (κ1) is 15.7. The molecule has 0 spiro atoms. The highest BCUT2D eigenvalue weighted by Crippen LogP contribution is 2.30. The van der Waals surface area contributed by atoms with Gasteiger partial charge in [0.2, 0.25) is 0 Å². The summed E-state index contributed by atoms with van der Waals surface area (Å²) in [5, 5.41) is 8.60. The molecule has 2 aromatic rings. The summed E-state index contributed by atoms with van der Waals surface area (Å²) in [6, 6.07) is 13.2. The van der Waals surface area contributed by atoms with Crippen molar-refractivity contribution in [1.29, 1.82) is 0 Å². The van der Waals surface area contributed by atoms with Crippen LogP contribution >= 0.6 is 0 Å². The van der Waals surface area contributed by atoms with Crippen molar-refractivity contribution in [3.8, 4) is 22.6 Å². The lowest BCUT2D eigenvalue weighted by Crippen LogP contribution is -2.02. The average Bonchev–Trinajstić information content (AvgIpc) is 2.52. The van der Waals surface area contributed by atoms with E-state index in [0.29, 0.717) is 30.2 Å². The Hall–Kier alpha value is -2.69. The van der Waals surface area contributed by atoms with Crippen molar-refractivity contribution < 1.29 is 19.4 Å². The predicted molar refractivity (Wildman–Crippen MR) is 85.2 cm³/mol. The summed E-state index contributed by atoms with van der Waals surface area (Å²) in [6.45, 7) is 0.376. The summed E-state index contributed by atoms with van der Waals surface area (Å²) in [5.41, 5.74) is 8.36. The molecule has 0 saturated carbocycles. The molecule has 0 aliphatic heterocycles. The van der Waals surface area contributed by atoms with Gasteiger partial charge in [0.15, 0.2) is 0 Å². The Kier molecular flexibility index (Phi) is 5.25. The van der Waals surface area contributed by atoms with E-state index in [1.54, 1.807) is 13.2 Å². The molecule has 0 radical (unpaired) electrons. The zero-order valence-electron chi connectivity index (χ0n) is 12.4. The molecule has 5 heteroatoms. The molecule has 0 heterocycles. The minimum Gasteiger partial charge on any atom is -0.495 e. The Balaban J connectivity index is 2.09. The largest absolute Gasteiger partial charge is 0.495 e. The highest BCUT2D eigenvalue weighted by atomic mass is 16.5. The molecule has 0 fully saturated rings. The van der Waals surface area contributed by atoms with Crippen molar-refractivity contribution in [2.24, 2.45) is 0 Å². The molecule has 0 aromatic heterocycles. The van der Waals surface area contributed by atoms with Gasteiger partial charge in [-0.1, -0.05) is 18.2 Å². The van der Waals surface area contributed by atoms with Crippen molar-refractivity contribution in [2.45, 2.75) is 12.8 Å². The van der Waals surface area contributed by atoms with Gasteiger partial charge in [-0.05, 0) is 41.8 Å². The maximum absolute atomic E-state index is 10.5. The number of hydrogen-bond acceptors (Lipinski definition) is 4. The van der Waals surface area contributed by atoms with E-state index in [1.807, 2.05) is 36.4 Å². The summed E-state index contributed by atoms with van der Waals surface area (Å²) >= 11 is 0. The van der Waals surface area contributed by atoms with Crippen LogP contribution in [0.4, 0.5) is 5.69 Å². The fourth-order valence-electron chi connectivity index (χ4n) is 2.07. The van der Waals surface area contributed by atoms with E-state index in [0.717, 1.165) is 11.1 Å². The average molecular weight is 301 g/mol. The van der Waals surface area contributed by atoms with Crippen LogP contribution in [0.5, 0.6) is 11.5 Å². The number of methoxy groups -OCH3 is 1. The summed E-state index contributed by atoms with van der Waals surface area (Å²) in [7, 11) is 1.58. The van der Waals surface area contributed by atoms with Crippen LogP contribution in [0.15, 0.2) is 42.5 Å². The lowest BCUT2D eigenvalue weighted by Gasteiger charge is -2.10. The normalized spacial score (nSPS) is 10.2. The Labute approximate surface area is 129 Å². The zero-order valence-corrected chi connectivity index (χ0v) is 12.4. The van der Waals surface area contributed by atoms with Crippen molar-refractivity contribution in [2.75, 3.05) is 19.5 Å². The number of nitrogen functional groups attached to an aromatic ring is 1. The van der Waals surface area contributed by atoms with E-state index < -0.39 is 5.97 Å². The lowest BCUT2D eigenvalue weighted by molar-refractivity contribution is -0.137. The van der Waals surface area contributed by atoms with Crippen LogP contribution in [0.3, 0.4) is 0 Å². The second kappa shape index (κ2) is 7.36. The molecule has 2 aromatic carbocycles. The van der Waals surface area contributed by atoms with Gasteiger partial charge in [0, 0.05) is 6.42 Å². The van der Waals surface area contributed by atoms with Crippen LogP contribution in [0.2, 0.25) is 0 Å². The van der Waals surface area contributed by atoms with E-state index in [-0.39, 0.29) is 6.42 Å². The van der Waals surface area contributed by atoms with Crippen molar-refractivity contribution >= 4 is 11.7 Å². The minimum atomic E-state index is -0.814. The molecule has 2 rings (SSSR count). The molecule has 116 valence electrons. The number of carboxylic acid groups (broad SMARTS) is 1. The fourth-order valence-corrected chi connectivity index (χ4v) is 2.07. The topological polar surface area (TPSA) is 81.8 Å². The molecule has 0 amide bonds. The SMILES string of the molecule is COc1cc(-c2cccc(OCCCC(=O)O)c2)ccc1N. The molecule has 0 unspecified atom stereocenters. The molecule has 22 heavy (non-hydrogen) atoms. The summed E-state index contributed by atoms with van der Waals surface area (Å²) < 4.78 is 10.8. The van der Waals surface area contributed by atoms with E-state index >= 15 is 0 Å². The van der Waals surface area contributed by atoms with Gasteiger partial charge >= 0.3 is 5.97 Å². The number of ether oxygens (including phenoxy) is 2. The highest BCUT2D eigenvalue weighted by Gasteiger charge is 2.05. The van der Waals surface area contributed by atoms with Crippen molar-refractivity contribution in [3.05, 3.63) is 42.5 Å². The second-order valence-electron chi connectivity index (χ2n) is 4.83. The Morgan fingerprint density at radius 3 is 2.68 bits per heavy atom. The van der Waals surface area contributed by atoms with E-state index in [4.69, 9.17) is 20.3 Å². The Bertz CT molecular complexity index is 655. The monoisotopic (exact) mass is 301 g/mol. The third-order valence-electron chi connectivity index (χ3n) is 3.20. The lowest BCUT2D eigenvalue weighted by atomic mass is 10.0. The number of anilines is 1. The third kappa shape index (κ3) is 4.15. The molecular weight excluding hydrogens is 282 g/mol. The maximum Gasteiger partial charge on any atom is 0.303 e. The van der Waals surface area contributed by atoms with Crippen molar-refractivity contribution in [1.82, 2.24) is 0 Å². The first-order chi connectivity index (χ1) is 10.6. The van der Waals surface area contributed by atoms with Gasteiger partial charge in [0.05, 0.1) is 19.4 Å². The van der Waals surface area contributed by atoms with E-state index in [9.17, 15) is 4.79 Å². The van der Waals surface area contributed by atoms with Crippen LogP contribution in [0.1, 0.15) is 12.8 Å². The smallest absolute Gasteiger partial charge is 0.303 e. The molecular formula is C17H19NO4. The quantitative estimate of drug-likeness (QED) is 0.606. The van der Waals surface area contributed by atoms with Gasteiger partial charge in [-0.15, -0.1) is 0 Å². The molecule has 0 atom stereocenters. The van der Waals surface area contributed by atoms with Crippen LogP contribution in [0.25, 0.3) is 11.1 Å². The molecule has 0 saturated heterocycles. The number of benzene rings is 2. The third-order valence-corrected chi connectivity index (χ3v) is 3.20. The van der Waals surface area contributed by atoms with Crippen LogP contribution in [-0.2, 0) is 4.79 Å². The second-order valence-corrected chi connectivity index (χ2v) is 4.83. The number of aliphatic carboxylic acids is 1. The van der Waals surface area contributed by atoms with Gasteiger partial charge in [-0.3, -0.25) is 4.79 Å². The Morgan fingerprint density at radius 1 is 1.18 bits per heavy atom. The van der Waals surface area contributed by atoms with E-state index in [2.05, 4.69) is 0 Å². The van der Waals surface area contributed by atoms with Crippen LogP contribution in [-0.4, -0.2) is 24.8 Å². The zero-order chi connectivity index (χ0) is 15.9. The van der Waals surface area contributed by atoms with Gasteiger partial charge in [0.1, 0.15) is 11.5 Å². The van der Waals surface area contributed by atoms with Gasteiger partial charge < -0.3 is 20.3 Å². The molecule has 5 nitrogen and oxygen atoms in total. The number of hydrogen-bond donors (Lipinski definition) is 2. The summed E-state index contributed by atoms with van der Waals surface area (Å²) in [4.78, 5) is 10.5. The first-order valence-electron chi connectivity index (χ1n) is 6.98. The molecule has 3 N–H and O–H groups in total. The fraction of sp³-hybridized carbons (Fsp3) is 0.235. The van der Waals surface area contributed by atoms with Gasteiger partial charge in [-0.25, -0.2) is 0 Å². The first-order valence-corrected chi connectivity index (χ1v) is 6.98. The van der Waals surface area contributed by atoms with E-state index in [1.165, 1.54) is 0 Å². The number of nitrogens with two attached hydrogens (primary N) is 1. The molecule has 0 bridgehead atoms. The number of rotatable bonds is 7. The van der Waals surface area contributed by atoms with Gasteiger partial charge in [0.25, 0.3) is 0 Å². The minimum absolute atomic E-state index is 0.106. The van der Waals surface area contributed by atoms with Crippen molar-refractivity contribution in [3.63, 3.8) is 0 Å². The number of carboxylic acids is 1. The predicted octanol–water partition coefficient (Wildman–Crippen LogP) is 3.19. The maximum atomic E-state index is 10.5.